The summed E-state index contributed by atoms with van der Waals surface area (Å²) in [6, 6.07) is 5.04. The lowest BCUT2D eigenvalue weighted by atomic mass is 9.82. The first kappa shape index (κ1) is 18.6. The number of nitrogen functional groups attached to an aromatic ring is 4. The molecule has 8 N–H and O–H groups in total. The van der Waals surface area contributed by atoms with Crippen molar-refractivity contribution in [3.8, 4) is 0 Å². The second-order valence-corrected chi connectivity index (χ2v) is 5.35. The van der Waals surface area contributed by atoms with Crippen LogP contribution in [0.25, 0.3) is 0 Å². The first-order valence-electron chi connectivity index (χ1n) is 6.78. The molecule has 0 aliphatic rings. The van der Waals surface area contributed by atoms with Gasteiger partial charge < -0.3 is 22.9 Å². The SMILES string of the molecule is Nc1cccc(C(F)(F)C(F)(c2cccc(N)c2N)C(F)(F)F)c1N. The van der Waals surface area contributed by atoms with Gasteiger partial charge in [-0.15, -0.1) is 0 Å². The lowest BCUT2D eigenvalue weighted by molar-refractivity contribution is -0.314. The fraction of sp³-hybridized carbons (Fsp3) is 0.200. The predicted molar refractivity (Wildman–Crippen MR) is 83.3 cm³/mol. The summed E-state index contributed by atoms with van der Waals surface area (Å²) >= 11 is 0. The van der Waals surface area contributed by atoms with Crippen LogP contribution in [0.1, 0.15) is 11.1 Å². The van der Waals surface area contributed by atoms with Crippen LogP contribution in [-0.2, 0) is 11.6 Å². The summed E-state index contributed by atoms with van der Waals surface area (Å²) in [6.07, 6.45) is -6.03. The van der Waals surface area contributed by atoms with E-state index in [0.717, 1.165) is 24.3 Å². The van der Waals surface area contributed by atoms with E-state index in [2.05, 4.69) is 0 Å². The first-order valence-corrected chi connectivity index (χ1v) is 6.78. The Hall–Kier alpha value is -2.78. The van der Waals surface area contributed by atoms with Gasteiger partial charge in [0.1, 0.15) is 0 Å². The average molecular weight is 364 g/mol. The minimum Gasteiger partial charge on any atom is -0.397 e. The van der Waals surface area contributed by atoms with Gasteiger partial charge in [-0.3, -0.25) is 0 Å². The summed E-state index contributed by atoms with van der Waals surface area (Å²) in [5.41, 5.74) is 10.6. The van der Waals surface area contributed by atoms with Crippen molar-refractivity contribution in [2.75, 3.05) is 22.9 Å². The largest absolute Gasteiger partial charge is 0.433 e. The first-order chi connectivity index (χ1) is 11.4. The Bertz CT molecular complexity index is 805. The van der Waals surface area contributed by atoms with Gasteiger partial charge in [0.25, 0.3) is 5.67 Å². The molecule has 1 unspecified atom stereocenters. The quantitative estimate of drug-likeness (QED) is 0.494. The molecule has 0 amide bonds. The maximum absolute atomic E-state index is 15.1. The minimum atomic E-state index is -6.03. The number of benzene rings is 2. The van der Waals surface area contributed by atoms with Crippen LogP contribution in [0.4, 0.5) is 49.1 Å². The summed E-state index contributed by atoms with van der Waals surface area (Å²) in [5.74, 6) is -5.13. The molecule has 2 rings (SSSR count). The molecule has 0 heterocycles. The van der Waals surface area contributed by atoms with E-state index in [1.54, 1.807) is 0 Å². The summed E-state index contributed by atoms with van der Waals surface area (Å²) in [5, 5.41) is 0. The molecule has 4 nitrogen and oxygen atoms in total. The molecule has 1 atom stereocenters. The second kappa shape index (κ2) is 5.64. The van der Waals surface area contributed by atoms with Crippen molar-refractivity contribution in [2.45, 2.75) is 17.8 Å². The molecular formula is C15H14F6N4. The number of alkyl halides is 6. The molecule has 0 bridgehead atoms. The summed E-state index contributed by atoms with van der Waals surface area (Å²) in [4.78, 5) is 0. The number of hydrogen-bond acceptors (Lipinski definition) is 4. The van der Waals surface area contributed by atoms with E-state index in [9.17, 15) is 22.0 Å². The van der Waals surface area contributed by atoms with E-state index < -0.39 is 51.6 Å². The van der Waals surface area contributed by atoms with Gasteiger partial charge in [-0.2, -0.15) is 22.0 Å². The standard InChI is InChI=1S/C15H14F6N4/c16-13(15(19,20)21,7-3-1-5-9(22)11(7)24)14(17,18)8-4-2-6-10(23)12(8)25/h1-6H,22-25H2. The van der Waals surface area contributed by atoms with Crippen LogP contribution < -0.4 is 22.9 Å². The summed E-state index contributed by atoms with van der Waals surface area (Å²) in [7, 11) is 0. The Balaban J connectivity index is 2.86. The summed E-state index contributed by atoms with van der Waals surface area (Å²) in [6.45, 7) is 0. The molecule has 0 aliphatic carbocycles. The second-order valence-electron chi connectivity index (χ2n) is 5.35. The molecule has 0 fully saturated rings. The van der Waals surface area contributed by atoms with Crippen LogP contribution in [0.15, 0.2) is 36.4 Å². The fourth-order valence-electron chi connectivity index (χ4n) is 2.43. The number of nitrogens with two attached hydrogens (primary N) is 4. The van der Waals surface area contributed by atoms with Crippen molar-refractivity contribution in [2.24, 2.45) is 0 Å². The number of hydrogen-bond donors (Lipinski definition) is 4. The maximum atomic E-state index is 15.1. The zero-order valence-electron chi connectivity index (χ0n) is 12.5. The zero-order chi connectivity index (χ0) is 19.2. The van der Waals surface area contributed by atoms with Crippen LogP contribution in [0, 0.1) is 0 Å². The van der Waals surface area contributed by atoms with Crippen LogP contribution in [-0.4, -0.2) is 6.18 Å². The smallest absolute Gasteiger partial charge is 0.397 e. The van der Waals surface area contributed by atoms with Crippen molar-refractivity contribution in [1.82, 2.24) is 0 Å². The molecule has 0 saturated carbocycles. The van der Waals surface area contributed by atoms with Gasteiger partial charge in [0.15, 0.2) is 0 Å². The van der Waals surface area contributed by atoms with Crippen LogP contribution in [0.2, 0.25) is 0 Å². The Morgan fingerprint density at radius 3 is 1.44 bits per heavy atom. The van der Waals surface area contributed by atoms with Crippen LogP contribution >= 0.6 is 0 Å². The van der Waals surface area contributed by atoms with Crippen molar-refractivity contribution in [1.29, 1.82) is 0 Å². The Kier molecular flexibility index (Phi) is 4.19. The van der Waals surface area contributed by atoms with Gasteiger partial charge in [-0.25, -0.2) is 4.39 Å². The van der Waals surface area contributed by atoms with E-state index in [1.807, 2.05) is 0 Å². The van der Waals surface area contributed by atoms with E-state index in [0.29, 0.717) is 12.1 Å². The molecule has 0 radical (unpaired) electrons. The lowest BCUT2D eigenvalue weighted by Gasteiger charge is -2.37. The third-order valence-electron chi connectivity index (χ3n) is 3.81. The van der Waals surface area contributed by atoms with Gasteiger partial charge in [0.05, 0.1) is 28.3 Å². The van der Waals surface area contributed by atoms with Gasteiger partial charge in [0.2, 0.25) is 0 Å². The van der Waals surface area contributed by atoms with Crippen molar-refractivity contribution < 1.29 is 26.3 Å². The number of rotatable bonds is 3. The molecule has 0 saturated heterocycles. The Morgan fingerprint density at radius 2 is 1.00 bits per heavy atom. The molecule has 2 aromatic rings. The molecule has 10 heteroatoms. The molecule has 0 aliphatic heterocycles. The van der Waals surface area contributed by atoms with Crippen LogP contribution in [0.5, 0.6) is 0 Å². The van der Waals surface area contributed by atoms with Crippen LogP contribution in [0.3, 0.4) is 0 Å². The van der Waals surface area contributed by atoms with Gasteiger partial charge >= 0.3 is 12.1 Å². The lowest BCUT2D eigenvalue weighted by Crippen LogP contribution is -2.51. The zero-order valence-corrected chi connectivity index (χ0v) is 12.5. The van der Waals surface area contributed by atoms with Crippen molar-refractivity contribution in [3.63, 3.8) is 0 Å². The predicted octanol–water partition coefficient (Wildman–Crippen LogP) is 3.53. The normalized spacial score (nSPS) is 15.0. The minimum absolute atomic E-state index is 0.415. The monoisotopic (exact) mass is 364 g/mol. The van der Waals surface area contributed by atoms with Gasteiger partial charge in [-0.1, -0.05) is 24.3 Å². The van der Waals surface area contributed by atoms with E-state index in [4.69, 9.17) is 22.9 Å². The third kappa shape index (κ3) is 2.57. The van der Waals surface area contributed by atoms with E-state index >= 15 is 4.39 Å². The maximum Gasteiger partial charge on any atom is 0.433 e. The van der Waals surface area contributed by atoms with Gasteiger partial charge in [0, 0.05) is 5.56 Å². The van der Waals surface area contributed by atoms with Crippen molar-refractivity contribution >= 4 is 22.7 Å². The molecular weight excluding hydrogens is 350 g/mol. The molecule has 0 aromatic heterocycles. The number of halogens is 6. The third-order valence-corrected chi connectivity index (χ3v) is 3.81. The highest BCUT2D eigenvalue weighted by atomic mass is 19.4. The highest BCUT2D eigenvalue weighted by molar-refractivity contribution is 5.72. The fourth-order valence-corrected chi connectivity index (χ4v) is 2.43. The summed E-state index contributed by atoms with van der Waals surface area (Å²) < 4.78 is 85.2. The molecule has 136 valence electrons. The Morgan fingerprint density at radius 1 is 0.600 bits per heavy atom. The van der Waals surface area contributed by atoms with Gasteiger partial charge in [-0.05, 0) is 12.1 Å². The molecule has 2 aromatic carbocycles. The number of para-hydroxylation sites is 2. The number of anilines is 4. The Labute approximate surface area is 138 Å². The van der Waals surface area contributed by atoms with E-state index in [1.165, 1.54) is 0 Å². The molecule has 0 spiro atoms. The topological polar surface area (TPSA) is 104 Å². The average Bonchev–Trinajstić information content (AvgIpc) is 2.50. The highest BCUT2D eigenvalue weighted by Crippen LogP contribution is 2.59. The highest BCUT2D eigenvalue weighted by Gasteiger charge is 2.73. The van der Waals surface area contributed by atoms with Crippen molar-refractivity contribution in [3.05, 3.63) is 47.5 Å². The van der Waals surface area contributed by atoms with E-state index in [-0.39, 0.29) is 0 Å². The molecule has 25 heavy (non-hydrogen) atoms.